The smallest absolute Gasteiger partial charge is 0.341 e. The van der Waals surface area contributed by atoms with E-state index in [0.717, 1.165) is 46.8 Å². The summed E-state index contributed by atoms with van der Waals surface area (Å²) in [6.45, 7) is 10.9. The Morgan fingerprint density at radius 3 is 2.64 bits per heavy atom. The van der Waals surface area contributed by atoms with E-state index in [-0.39, 0.29) is 18.3 Å². The molecule has 1 aromatic carbocycles. The molecule has 2 aromatic heterocycles. The fourth-order valence-corrected chi connectivity index (χ4v) is 5.46. The van der Waals surface area contributed by atoms with Gasteiger partial charge < -0.3 is 14.6 Å². The van der Waals surface area contributed by atoms with Crippen LogP contribution in [0.3, 0.4) is 0 Å². The molecule has 33 heavy (non-hydrogen) atoms. The number of esters is 1. The average Bonchev–Trinajstić information content (AvgIpc) is 3.33. The predicted molar refractivity (Wildman–Crippen MR) is 134 cm³/mol. The molecule has 0 aliphatic heterocycles. The predicted octanol–water partition coefficient (Wildman–Crippen LogP) is 5.50. The van der Waals surface area contributed by atoms with Crippen molar-refractivity contribution < 1.29 is 14.3 Å². The van der Waals surface area contributed by atoms with Crippen molar-refractivity contribution in [2.45, 2.75) is 59.2 Å². The first-order chi connectivity index (χ1) is 15.9. The van der Waals surface area contributed by atoms with Gasteiger partial charge in [-0.05, 0) is 45.2 Å². The van der Waals surface area contributed by atoms with Gasteiger partial charge in [0.25, 0.3) is 0 Å². The number of nitrogens with one attached hydrogen (secondary N) is 1. The highest BCUT2D eigenvalue weighted by Gasteiger charge is 2.23. The number of anilines is 1. The van der Waals surface area contributed by atoms with Crippen LogP contribution in [0.25, 0.3) is 11.4 Å². The molecule has 0 fully saturated rings. The van der Waals surface area contributed by atoms with Crippen molar-refractivity contribution in [1.29, 1.82) is 0 Å². The molecule has 3 rings (SSSR count). The van der Waals surface area contributed by atoms with Crippen LogP contribution >= 0.6 is 23.1 Å². The monoisotopic (exact) mass is 486 g/mol. The van der Waals surface area contributed by atoms with Crippen LogP contribution in [0.15, 0.2) is 29.4 Å². The summed E-state index contributed by atoms with van der Waals surface area (Å²) in [5.74, 6) is 0.364. The number of ether oxygens (including phenoxy) is 1. The topological polar surface area (TPSA) is 86.1 Å². The maximum atomic E-state index is 12.8. The Balaban J connectivity index is 1.76. The van der Waals surface area contributed by atoms with Crippen LogP contribution in [0.4, 0.5) is 5.00 Å². The van der Waals surface area contributed by atoms with Crippen molar-refractivity contribution in [2.75, 3.05) is 17.7 Å². The molecule has 0 bridgehead atoms. The molecule has 0 spiro atoms. The maximum absolute atomic E-state index is 12.8. The Morgan fingerprint density at radius 1 is 1.18 bits per heavy atom. The second-order valence-electron chi connectivity index (χ2n) is 7.59. The number of nitrogens with zero attached hydrogens (tertiary/aromatic N) is 3. The molecular formula is C24H30N4O3S2. The molecule has 2 heterocycles. The van der Waals surface area contributed by atoms with Gasteiger partial charge in [0.1, 0.15) is 5.00 Å². The molecule has 1 N–H and O–H groups in total. The number of rotatable bonds is 10. The zero-order chi connectivity index (χ0) is 24.0. The lowest BCUT2D eigenvalue weighted by Crippen LogP contribution is -2.17. The number of thioether (sulfide) groups is 1. The normalized spacial score (nSPS) is 10.9. The van der Waals surface area contributed by atoms with Crippen LogP contribution < -0.4 is 5.32 Å². The standard InChI is InChI=1S/C24H30N4O3S2/c1-6-12-28-21(17-11-9-10-15(4)13-17)26-27-24(28)32-14-19(29)25-22-20(23(30)31-8-3)16(5)18(7-2)33-22/h9-11,13H,6-8,12,14H2,1-5H3,(H,25,29). The van der Waals surface area contributed by atoms with Gasteiger partial charge in [0.05, 0.1) is 17.9 Å². The molecule has 9 heteroatoms. The lowest BCUT2D eigenvalue weighted by molar-refractivity contribution is -0.113. The number of carbonyl (C=O) groups is 2. The van der Waals surface area contributed by atoms with E-state index in [4.69, 9.17) is 4.74 Å². The van der Waals surface area contributed by atoms with E-state index >= 15 is 0 Å². The minimum atomic E-state index is -0.403. The Bertz CT molecular complexity index is 1140. The van der Waals surface area contributed by atoms with Crippen LogP contribution in [0.1, 0.15) is 53.6 Å². The van der Waals surface area contributed by atoms with Crippen molar-refractivity contribution in [2.24, 2.45) is 0 Å². The fourth-order valence-electron chi connectivity index (χ4n) is 3.55. The Morgan fingerprint density at radius 2 is 1.97 bits per heavy atom. The van der Waals surface area contributed by atoms with Gasteiger partial charge in [-0.2, -0.15) is 0 Å². The molecule has 0 aliphatic carbocycles. The lowest BCUT2D eigenvalue weighted by Gasteiger charge is -2.10. The minimum absolute atomic E-state index is 0.163. The quantitative estimate of drug-likeness (QED) is 0.301. The first kappa shape index (κ1) is 25.0. The minimum Gasteiger partial charge on any atom is -0.462 e. The molecule has 0 radical (unpaired) electrons. The van der Waals surface area contributed by atoms with Gasteiger partial charge in [-0.25, -0.2) is 4.79 Å². The van der Waals surface area contributed by atoms with Crippen molar-refractivity contribution in [1.82, 2.24) is 14.8 Å². The summed E-state index contributed by atoms with van der Waals surface area (Å²) in [6.07, 6.45) is 1.71. The van der Waals surface area contributed by atoms with Crippen LogP contribution in [-0.2, 0) is 22.5 Å². The number of benzene rings is 1. The van der Waals surface area contributed by atoms with E-state index in [1.54, 1.807) is 6.92 Å². The Kier molecular flexibility index (Phi) is 8.68. The van der Waals surface area contributed by atoms with Crippen LogP contribution in [0.2, 0.25) is 0 Å². The second kappa shape index (κ2) is 11.5. The van der Waals surface area contributed by atoms with Crippen molar-refractivity contribution in [3.63, 3.8) is 0 Å². The van der Waals surface area contributed by atoms with Gasteiger partial charge in [0.2, 0.25) is 5.91 Å². The highest BCUT2D eigenvalue weighted by atomic mass is 32.2. The van der Waals surface area contributed by atoms with E-state index in [0.29, 0.717) is 15.7 Å². The van der Waals surface area contributed by atoms with E-state index < -0.39 is 5.97 Å². The Labute approximate surface area is 203 Å². The molecule has 3 aromatic rings. The van der Waals surface area contributed by atoms with Gasteiger partial charge in [-0.3, -0.25) is 4.79 Å². The van der Waals surface area contributed by atoms with E-state index in [9.17, 15) is 9.59 Å². The highest BCUT2D eigenvalue weighted by molar-refractivity contribution is 7.99. The molecule has 0 atom stereocenters. The lowest BCUT2D eigenvalue weighted by atomic mass is 10.1. The van der Waals surface area contributed by atoms with E-state index in [2.05, 4.69) is 33.1 Å². The molecule has 7 nitrogen and oxygen atoms in total. The molecule has 0 saturated carbocycles. The van der Waals surface area contributed by atoms with Crippen LogP contribution in [-0.4, -0.2) is 39.0 Å². The number of hydrogen-bond acceptors (Lipinski definition) is 7. The average molecular weight is 487 g/mol. The summed E-state index contributed by atoms with van der Waals surface area (Å²) in [5.41, 5.74) is 3.48. The number of hydrogen-bond donors (Lipinski definition) is 1. The molecule has 176 valence electrons. The third-order valence-electron chi connectivity index (χ3n) is 5.07. The number of aromatic nitrogens is 3. The maximum Gasteiger partial charge on any atom is 0.341 e. The summed E-state index contributed by atoms with van der Waals surface area (Å²) < 4.78 is 7.26. The molecular weight excluding hydrogens is 456 g/mol. The fraction of sp³-hybridized carbons (Fsp3) is 0.417. The molecule has 0 saturated heterocycles. The summed E-state index contributed by atoms with van der Waals surface area (Å²) >= 11 is 2.77. The number of thiophene rings is 1. The summed E-state index contributed by atoms with van der Waals surface area (Å²) in [4.78, 5) is 26.3. The van der Waals surface area contributed by atoms with Crippen LogP contribution in [0.5, 0.6) is 0 Å². The zero-order valence-electron chi connectivity index (χ0n) is 19.7. The molecule has 0 aliphatic rings. The van der Waals surface area contributed by atoms with Crippen molar-refractivity contribution >= 4 is 40.0 Å². The largest absolute Gasteiger partial charge is 0.462 e. The summed E-state index contributed by atoms with van der Waals surface area (Å²) in [7, 11) is 0. The molecule has 0 unspecified atom stereocenters. The van der Waals surface area contributed by atoms with Gasteiger partial charge in [-0.1, -0.05) is 49.4 Å². The Hall–Kier alpha value is -2.65. The first-order valence-corrected chi connectivity index (χ1v) is 12.9. The summed E-state index contributed by atoms with van der Waals surface area (Å²) in [6, 6.07) is 8.15. The summed E-state index contributed by atoms with van der Waals surface area (Å²) in [5, 5.41) is 12.9. The zero-order valence-corrected chi connectivity index (χ0v) is 21.4. The number of aryl methyl sites for hydroxylation is 2. The van der Waals surface area contributed by atoms with Gasteiger partial charge in [0, 0.05) is 17.0 Å². The first-order valence-electron chi connectivity index (χ1n) is 11.1. The third kappa shape index (κ3) is 5.83. The van der Waals surface area contributed by atoms with Crippen LogP contribution in [0, 0.1) is 13.8 Å². The van der Waals surface area contributed by atoms with Gasteiger partial charge in [-0.15, -0.1) is 21.5 Å². The molecule has 1 amide bonds. The van der Waals surface area contributed by atoms with Crippen molar-refractivity contribution in [3.05, 3.63) is 45.8 Å². The van der Waals surface area contributed by atoms with E-state index in [1.807, 2.05) is 39.0 Å². The van der Waals surface area contributed by atoms with Crippen molar-refractivity contribution in [3.8, 4) is 11.4 Å². The second-order valence-corrected chi connectivity index (χ2v) is 9.64. The number of amides is 1. The highest BCUT2D eigenvalue weighted by Crippen LogP contribution is 2.34. The number of carbonyl (C=O) groups excluding carboxylic acids is 2. The van der Waals surface area contributed by atoms with E-state index in [1.165, 1.54) is 23.1 Å². The van der Waals surface area contributed by atoms with Gasteiger partial charge in [0.15, 0.2) is 11.0 Å². The SMILES string of the molecule is CCCn1c(SCC(=O)Nc2sc(CC)c(C)c2C(=O)OCC)nnc1-c1cccc(C)c1. The third-order valence-corrected chi connectivity index (χ3v) is 7.39. The van der Waals surface area contributed by atoms with Gasteiger partial charge >= 0.3 is 5.97 Å².